The molecule has 3 aromatic rings. The molecule has 0 saturated heterocycles. The van der Waals surface area contributed by atoms with Crippen molar-refractivity contribution in [2.45, 2.75) is 82.7 Å². The molecule has 2 heterocycles. The van der Waals surface area contributed by atoms with Crippen LogP contribution in [0.1, 0.15) is 77.9 Å². The molecule has 0 radical (unpaired) electrons. The number of hydrogen-bond acceptors (Lipinski definition) is 8. The molecule has 1 saturated carbocycles. The molecular formula is C29H29F9N6O3. The Morgan fingerprint density at radius 1 is 0.894 bits per heavy atom. The van der Waals surface area contributed by atoms with Crippen LogP contribution >= 0.6 is 0 Å². The first kappa shape index (κ1) is 34.1. The highest BCUT2D eigenvalue weighted by molar-refractivity contribution is 5.66. The topological polar surface area (TPSA) is 85.6 Å². The molecule has 47 heavy (non-hydrogen) atoms. The smallest absolute Gasteiger partial charge is 0.429 e. The zero-order valence-corrected chi connectivity index (χ0v) is 25.0. The molecular weight excluding hydrogens is 651 g/mol. The van der Waals surface area contributed by atoms with Crippen molar-refractivity contribution < 1.29 is 53.9 Å². The Labute approximate surface area is 262 Å². The quantitative estimate of drug-likeness (QED) is 0.192. The highest BCUT2D eigenvalue weighted by Crippen LogP contribution is 2.44. The Kier molecular flexibility index (Phi) is 9.25. The van der Waals surface area contributed by atoms with Gasteiger partial charge in [0.05, 0.1) is 42.0 Å². The van der Waals surface area contributed by atoms with Crippen molar-refractivity contribution in [2.75, 3.05) is 16.5 Å². The largest absolute Gasteiger partial charge is 0.533 e. The molecule has 1 aliphatic carbocycles. The minimum Gasteiger partial charge on any atom is -0.429 e. The maximum absolute atomic E-state index is 14.1. The molecule has 5 rings (SSSR count). The van der Waals surface area contributed by atoms with E-state index in [1.54, 1.807) is 0 Å². The van der Waals surface area contributed by atoms with Crippen molar-refractivity contribution in [3.05, 3.63) is 63.7 Å². The summed E-state index contributed by atoms with van der Waals surface area (Å²) in [6, 6.07) is 2.09. The molecule has 0 unspecified atom stereocenters. The lowest BCUT2D eigenvalue weighted by molar-refractivity contribution is -0.143. The van der Waals surface area contributed by atoms with E-state index in [0.717, 1.165) is 28.8 Å². The van der Waals surface area contributed by atoms with Gasteiger partial charge in [-0.05, 0) is 86.1 Å². The fourth-order valence-electron chi connectivity index (χ4n) is 5.90. The zero-order chi connectivity index (χ0) is 34.3. The number of benzene rings is 2. The molecule has 1 aliphatic heterocycles. The molecule has 0 amide bonds. The summed E-state index contributed by atoms with van der Waals surface area (Å²) in [5.41, 5.74) is -4.81. The van der Waals surface area contributed by atoms with Crippen LogP contribution in [0.2, 0.25) is 0 Å². The van der Waals surface area contributed by atoms with Crippen LogP contribution in [0.25, 0.3) is 0 Å². The van der Waals surface area contributed by atoms with Gasteiger partial charge in [-0.15, -0.1) is 5.10 Å². The van der Waals surface area contributed by atoms with Crippen LogP contribution in [0.4, 0.5) is 55.9 Å². The molecule has 2 aliphatic rings. The molecule has 2 aromatic carbocycles. The average Bonchev–Trinajstić information content (AvgIpc) is 3.60. The van der Waals surface area contributed by atoms with Crippen LogP contribution in [0, 0.1) is 6.92 Å². The molecule has 18 heteroatoms. The summed E-state index contributed by atoms with van der Waals surface area (Å²) in [5, 5.41) is 12.7. The minimum absolute atomic E-state index is 0.00272. The molecule has 0 bridgehead atoms. The van der Waals surface area contributed by atoms with Crippen molar-refractivity contribution >= 4 is 17.8 Å². The van der Waals surface area contributed by atoms with Crippen LogP contribution in [-0.4, -0.2) is 39.0 Å². The van der Waals surface area contributed by atoms with E-state index >= 15 is 0 Å². The SMILES string of the molecule is Cc1cc2c(cc1C(F)(F)F)N(OC(=O)OC1CCCC1)CCC[C@@H]2N(Cc1cc(C(F)(F)F)cc(C(F)(F)F)c1)c1nnn(C)n1. The summed E-state index contributed by atoms with van der Waals surface area (Å²) < 4.78 is 130. The number of aromatic nitrogens is 4. The number of halogens is 9. The van der Waals surface area contributed by atoms with Crippen LogP contribution in [0.15, 0.2) is 30.3 Å². The molecule has 0 N–H and O–H groups in total. The van der Waals surface area contributed by atoms with Crippen LogP contribution in [0.3, 0.4) is 0 Å². The predicted molar refractivity (Wildman–Crippen MR) is 147 cm³/mol. The van der Waals surface area contributed by atoms with Crippen molar-refractivity contribution in [3.8, 4) is 0 Å². The van der Waals surface area contributed by atoms with Crippen molar-refractivity contribution in [1.29, 1.82) is 0 Å². The van der Waals surface area contributed by atoms with E-state index in [-0.39, 0.29) is 48.2 Å². The average molecular weight is 681 g/mol. The number of fused-ring (bicyclic) bond motifs is 1. The van der Waals surface area contributed by atoms with Gasteiger partial charge in [-0.1, -0.05) is 11.2 Å². The normalized spacial score (nSPS) is 17.8. The third kappa shape index (κ3) is 7.84. The van der Waals surface area contributed by atoms with Gasteiger partial charge in [0, 0.05) is 12.1 Å². The van der Waals surface area contributed by atoms with Crippen molar-refractivity contribution in [2.24, 2.45) is 7.05 Å². The Bertz CT molecular complexity index is 1570. The molecule has 0 spiro atoms. The standard InChI is InChI=1S/C29H29F9N6O3/c1-16-10-21-23(8-5-9-44(24(21)14-22(16)29(36,37)38)47-26(45)46-20-6-3-4-7-20)43(25-39-41-42(2)40-25)15-17-11-18(27(30,31)32)13-19(12-17)28(33,34)35/h10-14,20,23H,3-9,15H2,1-2H3/t23-/m0/s1. The third-order valence-corrected chi connectivity index (χ3v) is 8.03. The van der Waals surface area contributed by atoms with E-state index in [9.17, 15) is 44.3 Å². The van der Waals surface area contributed by atoms with Gasteiger partial charge in [0.1, 0.15) is 6.10 Å². The molecule has 9 nitrogen and oxygen atoms in total. The monoisotopic (exact) mass is 680 g/mol. The van der Waals surface area contributed by atoms with E-state index < -0.39 is 65.6 Å². The lowest BCUT2D eigenvalue weighted by Gasteiger charge is -2.33. The van der Waals surface area contributed by atoms with Crippen LogP contribution in [-0.2, 0) is 41.7 Å². The summed E-state index contributed by atoms with van der Waals surface area (Å²) >= 11 is 0. The van der Waals surface area contributed by atoms with E-state index in [4.69, 9.17) is 9.57 Å². The Hall–Kier alpha value is -4.25. The lowest BCUT2D eigenvalue weighted by atomic mass is 9.94. The van der Waals surface area contributed by atoms with Gasteiger partial charge in [0.25, 0.3) is 5.95 Å². The second-order valence-corrected chi connectivity index (χ2v) is 11.5. The summed E-state index contributed by atoms with van der Waals surface area (Å²) in [4.78, 5) is 20.4. The van der Waals surface area contributed by atoms with E-state index in [2.05, 4.69) is 15.4 Å². The lowest BCUT2D eigenvalue weighted by Crippen LogP contribution is -2.32. The first-order valence-electron chi connectivity index (χ1n) is 14.6. The van der Waals surface area contributed by atoms with Gasteiger partial charge in [-0.2, -0.15) is 44.3 Å². The molecule has 1 aromatic heterocycles. The molecule has 1 atom stereocenters. The van der Waals surface area contributed by atoms with Gasteiger partial charge in [0.2, 0.25) is 0 Å². The van der Waals surface area contributed by atoms with Crippen LogP contribution < -0.4 is 9.96 Å². The first-order chi connectivity index (χ1) is 21.9. The maximum atomic E-state index is 14.1. The molecule has 1 fully saturated rings. The number of rotatable bonds is 6. The maximum Gasteiger partial charge on any atom is 0.533 e. The first-order valence-corrected chi connectivity index (χ1v) is 14.6. The number of carbonyl (C=O) groups is 1. The van der Waals surface area contributed by atoms with E-state index in [1.807, 2.05) is 0 Å². The zero-order valence-electron chi connectivity index (χ0n) is 25.0. The van der Waals surface area contributed by atoms with Gasteiger partial charge in [-0.25, -0.2) is 9.86 Å². The van der Waals surface area contributed by atoms with E-state index in [0.29, 0.717) is 25.0 Å². The van der Waals surface area contributed by atoms with Crippen molar-refractivity contribution in [3.63, 3.8) is 0 Å². The Balaban J connectivity index is 1.61. The van der Waals surface area contributed by atoms with Crippen LogP contribution in [0.5, 0.6) is 0 Å². The fraction of sp³-hybridized carbons (Fsp3) is 0.517. The second-order valence-electron chi connectivity index (χ2n) is 11.5. The molecule has 256 valence electrons. The summed E-state index contributed by atoms with van der Waals surface area (Å²) in [6.45, 7) is 0.485. The number of alkyl halides is 9. The number of hydroxylamine groups is 1. The van der Waals surface area contributed by atoms with E-state index in [1.165, 1.54) is 24.9 Å². The predicted octanol–water partition coefficient (Wildman–Crippen LogP) is 7.93. The Morgan fingerprint density at radius 2 is 1.53 bits per heavy atom. The number of ether oxygens (including phenoxy) is 1. The number of aryl methyl sites for hydroxylation is 2. The number of hydrogen-bond donors (Lipinski definition) is 0. The van der Waals surface area contributed by atoms with Gasteiger partial charge in [-0.3, -0.25) is 0 Å². The summed E-state index contributed by atoms with van der Waals surface area (Å²) in [7, 11) is 1.38. The van der Waals surface area contributed by atoms with Gasteiger partial charge >= 0.3 is 24.7 Å². The third-order valence-electron chi connectivity index (χ3n) is 8.03. The number of carbonyl (C=O) groups excluding carboxylic acids is 1. The van der Waals surface area contributed by atoms with Gasteiger partial charge in [0.15, 0.2) is 0 Å². The number of anilines is 2. The highest BCUT2D eigenvalue weighted by Gasteiger charge is 2.40. The fourth-order valence-corrected chi connectivity index (χ4v) is 5.90. The highest BCUT2D eigenvalue weighted by atomic mass is 19.4. The minimum atomic E-state index is -5.11. The van der Waals surface area contributed by atoms with Crippen molar-refractivity contribution in [1.82, 2.24) is 20.2 Å². The summed E-state index contributed by atoms with van der Waals surface area (Å²) in [6.07, 6.45) is -13.4. The number of tetrazole rings is 1. The van der Waals surface area contributed by atoms with Gasteiger partial charge < -0.3 is 14.5 Å². The number of nitrogens with zero attached hydrogens (tertiary/aromatic N) is 6. The Morgan fingerprint density at radius 3 is 2.09 bits per heavy atom. The summed E-state index contributed by atoms with van der Waals surface area (Å²) in [5.74, 6) is -0.206. The second kappa shape index (κ2) is 12.7.